The van der Waals surface area contributed by atoms with Gasteiger partial charge in [0.25, 0.3) is 10.0 Å². The minimum absolute atomic E-state index is 0.343. The molecule has 0 heterocycles. The van der Waals surface area contributed by atoms with Gasteiger partial charge in [-0.25, -0.2) is 18.4 Å². The van der Waals surface area contributed by atoms with E-state index in [4.69, 9.17) is 0 Å². The monoisotopic (exact) mass is 203 g/mol. The Bertz CT molecular complexity index is 273. The number of hydrogen-bond acceptors (Lipinski definition) is 4. The van der Waals surface area contributed by atoms with Gasteiger partial charge in [-0.2, -0.15) is 8.78 Å². The van der Waals surface area contributed by atoms with Crippen LogP contribution in [0.5, 0.6) is 0 Å². The zero-order valence-corrected chi connectivity index (χ0v) is 6.90. The van der Waals surface area contributed by atoms with Gasteiger partial charge in [-0.15, -0.1) is 0 Å². The third kappa shape index (κ3) is 2.11. The molecule has 0 aromatic rings. The summed E-state index contributed by atoms with van der Waals surface area (Å²) in [6, 6.07) is 0. The molecule has 0 saturated heterocycles. The molecule has 0 bridgehead atoms. The lowest BCUT2D eigenvalue weighted by atomic mass is 10.7. The topological polar surface area (TPSA) is 86.5 Å². The number of alkyl halides is 2. The fourth-order valence-electron chi connectivity index (χ4n) is 0.331. The minimum Gasteiger partial charge on any atom is -0.461 e. The van der Waals surface area contributed by atoms with E-state index in [1.54, 1.807) is 0 Å². The van der Waals surface area contributed by atoms with Crippen LogP contribution in [0.2, 0.25) is 0 Å². The molecule has 12 heavy (non-hydrogen) atoms. The molecule has 0 fully saturated rings. The second kappa shape index (κ2) is 3.31. The molecule has 0 aromatic carbocycles. The van der Waals surface area contributed by atoms with E-state index in [1.807, 2.05) is 0 Å². The number of esters is 1. The highest BCUT2D eigenvalue weighted by molar-refractivity contribution is 7.91. The first-order valence-electron chi connectivity index (χ1n) is 2.81. The molecule has 0 aliphatic carbocycles. The van der Waals surface area contributed by atoms with Crippen molar-refractivity contribution in [2.45, 2.75) is 12.2 Å². The van der Waals surface area contributed by atoms with Crippen LogP contribution in [-0.4, -0.2) is 26.2 Å². The molecular weight excluding hydrogens is 196 g/mol. The normalized spacial score (nSPS) is 12.7. The maximum absolute atomic E-state index is 12.3. The number of sulfonamides is 1. The summed E-state index contributed by atoms with van der Waals surface area (Å²) in [6.07, 6.45) is 0. The van der Waals surface area contributed by atoms with E-state index in [0.717, 1.165) is 0 Å². The maximum atomic E-state index is 12.3. The first kappa shape index (κ1) is 11.2. The van der Waals surface area contributed by atoms with Gasteiger partial charge in [0.05, 0.1) is 6.61 Å². The number of carbonyl (C=O) groups is 1. The number of carbonyl (C=O) groups excluding carboxylic acids is 1. The van der Waals surface area contributed by atoms with Crippen LogP contribution >= 0.6 is 0 Å². The second-order valence-electron chi connectivity index (χ2n) is 1.78. The predicted molar refractivity (Wildman–Crippen MR) is 34.7 cm³/mol. The first-order chi connectivity index (χ1) is 5.23. The summed E-state index contributed by atoms with van der Waals surface area (Å²) in [5.74, 6) is -2.16. The number of ether oxygens (including phenoxy) is 1. The molecule has 0 amide bonds. The van der Waals surface area contributed by atoms with Gasteiger partial charge in [-0.3, -0.25) is 0 Å². The molecule has 2 N–H and O–H groups in total. The Labute approximate surface area is 67.5 Å². The third-order valence-corrected chi connectivity index (χ3v) is 1.75. The first-order valence-corrected chi connectivity index (χ1v) is 4.35. The predicted octanol–water partition coefficient (Wildman–Crippen LogP) is -0.569. The average Bonchev–Trinajstić information content (AvgIpc) is 1.85. The molecule has 0 aliphatic rings. The standard InChI is InChI=1S/C4H7F2NO4S/c1-2-11-3(8)4(5,6)12(7,9)10/h2H2,1H3,(H2,7,9,10). The SMILES string of the molecule is CCOC(=O)C(F)(F)S(N)(=O)=O. The summed E-state index contributed by atoms with van der Waals surface area (Å²) in [5.41, 5.74) is 0. The third-order valence-electron chi connectivity index (χ3n) is 0.870. The molecule has 0 unspecified atom stereocenters. The van der Waals surface area contributed by atoms with Gasteiger partial charge < -0.3 is 4.74 Å². The smallest absolute Gasteiger partial charge is 0.454 e. The van der Waals surface area contributed by atoms with Crippen LogP contribution in [0.15, 0.2) is 0 Å². The van der Waals surface area contributed by atoms with Gasteiger partial charge in [-0.1, -0.05) is 0 Å². The zero-order chi connectivity index (χ0) is 9.99. The fourth-order valence-corrected chi connectivity index (χ4v) is 0.622. The van der Waals surface area contributed by atoms with Crippen molar-refractivity contribution < 1.29 is 26.7 Å². The zero-order valence-electron chi connectivity index (χ0n) is 6.08. The lowest BCUT2D eigenvalue weighted by Gasteiger charge is -2.10. The van der Waals surface area contributed by atoms with Crippen molar-refractivity contribution in [3.8, 4) is 0 Å². The Hall–Kier alpha value is -0.760. The minimum atomic E-state index is -5.23. The molecule has 0 spiro atoms. The lowest BCUT2D eigenvalue weighted by Crippen LogP contribution is -2.43. The van der Waals surface area contributed by atoms with Crippen molar-refractivity contribution in [1.29, 1.82) is 0 Å². The quantitative estimate of drug-likeness (QED) is 0.622. The van der Waals surface area contributed by atoms with Gasteiger partial charge >= 0.3 is 11.2 Å². The van der Waals surface area contributed by atoms with Gasteiger partial charge in [-0.05, 0) is 6.92 Å². The van der Waals surface area contributed by atoms with Crippen molar-refractivity contribution in [3.63, 3.8) is 0 Å². The lowest BCUT2D eigenvalue weighted by molar-refractivity contribution is -0.160. The summed E-state index contributed by atoms with van der Waals surface area (Å²) in [5, 5.41) is -0.598. The van der Waals surface area contributed by atoms with E-state index >= 15 is 0 Å². The molecule has 0 aromatic heterocycles. The number of primary sulfonamides is 1. The Kier molecular flexibility index (Phi) is 3.10. The molecule has 0 rings (SSSR count). The van der Waals surface area contributed by atoms with E-state index in [-0.39, 0.29) is 6.61 Å². The largest absolute Gasteiger partial charge is 0.461 e. The number of hydrogen-bond donors (Lipinski definition) is 1. The number of nitrogens with two attached hydrogens (primary N) is 1. The van der Waals surface area contributed by atoms with Gasteiger partial charge in [0, 0.05) is 0 Å². The van der Waals surface area contributed by atoms with Crippen molar-refractivity contribution >= 4 is 16.0 Å². The molecule has 0 aliphatic heterocycles. The molecule has 0 atom stereocenters. The van der Waals surface area contributed by atoms with Crippen LogP contribution in [0.1, 0.15) is 6.92 Å². The van der Waals surface area contributed by atoms with E-state index in [9.17, 15) is 22.0 Å². The highest BCUT2D eigenvalue weighted by atomic mass is 32.2. The second-order valence-corrected chi connectivity index (χ2v) is 3.39. The van der Waals surface area contributed by atoms with Crippen molar-refractivity contribution in [3.05, 3.63) is 0 Å². The summed E-state index contributed by atoms with van der Waals surface area (Å²) in [6.45, 7) is 0.918. The van der Waals surface area contributed by atoms with Crippen molar-refractivity contribution in [2.75, 3.05) is 6.61 Å². The highest BCUT2D eigenvalue weighted by Crippen LogP contribution is 2.20. The van der Waals surface area contributed by atoms with E-state index in [2.05, 4.69) is 9.88 Å². The number of halogens is 2. The maximum Gasteiger partial charge on any atom is 0.454 e. The van der Waals surface area contributed by atoms with Crippen LogP contribution in [0, 0.1) is 0 Å². The fraction of sp³-hybridized carbons (Fsp3) is 0.750. The Morgan fingerprint density at radius 1 is 1.58 bits per heavy atom. The molecule has 5 nitrogen and oxygen atoms in total. The summed E-state index contributed by atoms with van der Waals surface area (Å²) < 4.78 is 48.6. The summed E-state index contributed by atoms with van der Waals surface area (Å²) in [4.78, 5) is 10.3. The van der Waals surface area contributed by atoms with Gasteiger partial charge in [0.1, 0.15) is 0 Å². The molecule has 0 radical (unpaired) electrons. The van der Waals surface area contributed by atoms with Crippen LogP contribution < -0.4 is 5.14 Å². The van der Waals surface area contributed by atoms with E-state index in [1.165, 1.54) is 6.92 Å². The van der Waals surface area contributed by atoms with Gasteiger partial charge in [0.15, 0.2) is 0 Å². The summed E-state index contributed by atoms with van der Waals surface area (Å²) >= 11 is 0. The Morgan fingerprint density at radius 2 is 2.00 bits per heavy atom. The summed E-state index contributed by atoms with van der Waals surface area (Å²) in [7, 11) is -5.23. The van der Waals surface area contributed by atoms with Crippen LogP contribution in [0.4, 0.5) is 8.78 Å². The molecule has 8 heteroatoms. The Morgan fingerprint density at radius 3 is 2.25 bits per heavy atom. The molecule has 0 saturated carbocycles. The van der Waals surface area contributed by atoms with Crippen molar-refractivity contribution in [1.82, 2.24) is 0 Å². The molecular formula is C4H7F2NO4S. The average molecular weight is 203 g/mol. The van der Waals surface area contributed by atoms with Crippen LogP contribution in [-0.2, 0) is 19.6 Å². The molecule has 72 valence electrons. The van der Waals surface area contributed by atoms with Crippen LogP contribution in [0.25, 0.3) is 0 Å². The van der Waals surface area contributed by atoms with E-state index < -0.39 is 21.2 Å². The van der Waals surface area contributed by atoms with Gasteiger partial charge in [0.2, 0.25) is 0 Å². The highest BCUT2D eigenvalue weighted by Gasteiger charge is 2.52. The van der Waals surface area contributed by atoms with E-state index in [0.29, 0.717) is 0 Å². The van der Waals surface area contributed by atoms with Crippen LogP contribution in [0.3, 0.4) is 0 Å². The van der Waals surface area contributed by atoms with Crippen molar-refractivity contribution in [2.24, 2.45) is 5.14 Å². The Balaban J connectivity index is 4.75. The number of rotatable bonds is 3.